The minimum atomic E-state index is -0.416. The summed E-state index contributed by atoms with van der Waals surface area (Å²) in [7, 11) is 0. The number of rotatable bonds is 8. The van der Waals surface area contributed by atoms with E-state index in [1.165, 1.54) is 22.3 Å². The van der Waals surface area contributed by atoms with Crippen molar-refractivity contribution in [1.82, 2.24) is 0 Å². The molecule has 1 rings (SSSR count). The molecule has 1 aromatic rings. The van der Waals surface area contributed by atoms with E-state index in [0.717, 1.165) is 6.29 Å². The second kappa shape index (κ2) is 9.29. The predicted octanol–water partition coefficient (Wildman–Crippen LogP) is 4.71. The quantitative estimate of drug-likeness (QED) is 0.326. The summed E-state index contributed by atoms with van der Waals surface area (Å²) in [6.45, 7) is 12.0. The molecular formula is C21H28O2. The Morgan fingerprint density at radius 2 is 1.91 bits per heavy atom. The highest BCUT2D eigenvalue weighted by atomic mass is 16.3. The van der Waals surface area contributed by atoms with Crippen molar-refractivity contribution < 1.29 is 9.90 Å². The standard InChI is InChI=1S/C21H28O2/c1-6-7-8-19(14-22)9-10-20(23)13-18(5)21-16(3)11-15(2)12-17(21)4/h7-8,11-12,14,18,20,23H,1,9-10,13H2,2-5H3. The maximum absolute atomic E-state index is 11.0. The molecule has 0 amide bonds. The van der Waals surface area contributed by atoms with Gasteiger partial charge in [0.05, 0.1) is 6.10 Å². The largest absolute Gasteiger partial charge is 0.393 e. The van der Waals surface area contributed by atoms with Gasteiger partial charge >= 0.3 is 0 Å². The molecule has 124 valence electrons. The Bertz CT molecular complexity index is 596. The van der Waals surface area contributed by atoms with Crippen molar-refractivity contribution in [2.24, 2.45) is 0 Å². The first kappa shape index (κ1) is 19.2. The van der Waals surface area contributed by atoms with E-state index in [-0.39, 0.29) is 0 Å². The molecule has 0 aliphatic heterocycles. The summed E-state index contributed by atoms with van der Waals surface area (Å²) >= 11 is 0. The minimum Gasteiger partial charge on any atom is -0.393 e. The fourth-order valence-corrected chi connectivity index (χ4v) is 3.29. The van der Waals surface area contributed by atoms with Crippen LogP contribution in [0, 0.1) is 20.8 Å². The third kappa shape index (κ3) is 6.02. The maximum atomic E-state index is 11.0. The average molecular weight is 312 g/mol. The van der Waals surface area contributed by atoms with E-state index in [2.05, 4.69) is 52.1 Å². The van der Waals surface area contributed by atoms with Gasteiger partial charge in [0.25, 0.3) is 0 Å². The molecule has 0 aromatic heterocycles. The van der Waals surface area contributed by atoms with Gasteiger partial charge in [-0.05, 0) is 80.4 Å². The van der Waals surface area contributed by atoms with E-state index in [0.29, 0.717) is 30.8 Å². The molecule has 0 saturated heterocycles. The van der Waals surface area contributed by atoms with Gasteiger partial charge in [0.2, 0.25) is 0 Å². The summed E-state index contributed by atoms with van der Waals surface area (Å²) in [6.07, 6.45) is 5.60. The summed E-state index contributed by atoms with van der Waals surface area (Å²) in [5.41, 5.74) is 8.45. The number of hydrogen-bond acceptors (Lipinski definition) is 2. The molecule has 0 spiro atoms. The number of aliphatic hydroxyl groups is 1. The van der Waals surface area contributed by atoms with Gasteiger partial charge in [-0.2, -0.15) is 0 Å². The first-order valence-corrected chi connectivity index (χ1v) is 8.15. The number of aldehydes is 1. The molecule has 2 atom stereocenters. The molecule has 0 fully saturated rings. The molecule has 0 saturated carbocycles. The number of aryl methyl sites for hydroxylation is 3. The SMILES string of the molecule is C=C=CC=C(C=O)CCC(O)CC(C)c1c(C)cc(C)cc1C. The van der Waals surface area contributed by atoms with Crippen LogP contribution in [-0.2, 0) is 4.79 Å². The highest BCUT2D eigenvalue weighted by molar-refractivity contribution is 5.73. The zero-order valence-electron chi connectivity index (χ0n) is 14.7. The Kier molecular flexibility index (Phi) is 7.74. The monoisotopic (exact) mass is 312 g/mol. The topological polar surface area (TPSA) is 37.3 Å². The maximum Gasteiger partial charge on any atom is 0.146 e. The predicted molar refractivity (Wildman–Crippen MR) is 96.8 cm³/mol. The van der Waals surface area contributed by atoms with Gasteiger partial charge in [0.15, 0.2) is 0 Å². The Balaban J connectivity index is 2.69. The molecule has 0 bridgehead atoms. The van der Waals surface area contributed by atoms with Gasteiger partial charge in [-0.15, -0.1) is 5.73 Å². The summed E-state index contributed by atoms with van der Waals surface area (Å²) in [4.78, 5) is 11.0. The van der Waals surface area contributed by atoms with Crippen LogP contribution in [0.3, 0.4) is 0 Å². The minimum absolute atomic E-state index is 0.294. The van der Waals surface area contributed by atoms with Crippen LogP contribution in [0.1, 0.15) is 54.4 Å². The molecule has 0 heterocycles. The number of hydrogen-bond donors (Lipinski definition) is 1. The molecule has 0 aliphatic rings. The highest BCUT2D eigenvalue weighted by Gasteiger charge is 2.16. The first-order chi connectivity index (χ1) is 10.9. The van der Waals surface area contributed by atoms with Crippen molar-refractivity contribution in [2.45, 2.75) is 59.0 Å². The van der Waals surface area contributed by atoms with Crippen LogP contribution in [0.15, 0.2) is 42.2 Å². The lowest BCUT2D eigenvalue weighted by Crippen LogP contribution is -2.13. The average Bonchev–Trinajstić information content (AvgIpc) is 2.46. The Labute approximate surface area is 140 Å². The van der Waals surface area contributed by atoms with Crippen molar-refractivity contribution in [2.75, 3.05) is 0 Å². The van der Waals surface area contributed by atoms with Crippen molar-refractivity contribution in [3.63, 3.8) is 0 Å². The van der Waals surface area contributed by atoms with Gasteiger partial charge in [0.1, 0.15) is 6.29 Å². The van der Waals surface area contributed by atoms with E-state index >= 15 is 0 Å². The lowest BCUT2D eigenvalue weighted by atomic mass is 9.86. The van der Waals surface area contributed by atoms with Crippen LogP contribution < -0.4 is 0 Å². The molecule has 0 aliphatic carbocycles. The summed E-state index contributed by atoms with van der Waals surface area (Å²) in [5, 5.41) is 10.3. The number of benzene rings is 1. The summed E-state index contributed by atoms with van der Waals surface area (Å²) < 4.78 is 0. The Morgan fingerprint density at radius 1 is 1.30 bits per heavy atom. The van der Waals surface area contributed by atoms with Gasteiger partial charge in [-0.1, -0.05) is 31.2 Å². The van der Waals surface area contributed by atoms with Gasteiger partial charge in [0, 0.05) is 0 Å². The van der Waals surface area contributed by atoms with Gasteiger partial charge in [-0.25, -0.2) is 0 Å². The van der Waals surface area contributed by atoms with Crippen molar-refractivity contribution in [3.8, 4) is 0 Å². The molecular weight excluding hydrogens is 284 g/mol. The molecule has 2 unspecified atom stereocenters. The van der Waals surface area contributed by atoms with Crippen LogP contribution in [0.4, 0.5) is 0 Å². The molecule has 1 N–H and O–H groups in total. The molecule has 1 aromatic carbocycles. The Hall–Kier alpha value is -1.89. The van der Waals surface area contributed by atoms with Crippen LogP contribution >= 0.6 is 0 Å². The smallest absolute Gasteiger partial charge is 0.146 e. The molecule has 23 heavy (non-hydrogen) atoms. The fraction of sp³-hybridized carbons (Fsp3) is 0.429. The van der Waals surface area contributed by atoms with Crippen molar-refractivity contribution in [1.29, 1.82) is 0 Å². The zero-order valence-corrected chi connectivity index (χ0v) is 14.7. The van der Waals surface area contributed by atoms with Crippen molar-refractivity contribution >= 4 is 6.29 Å². The van der Waals surface area contributed by atoms with Crippen LogP contribution in [-0.4, -0.2) is 17.5 Å². The fourth-order valence-electron chi connectivity index (χ4n) is 3.29. The van der Waals surface area contributed by atoms with Crippen LogP contribution in [0.5, 0.6) is 0 Å². The zero-order chi connectivity index (χ0) is 17.4. The van der Waals surface area contributed by atoms with Crippen LogP contribution in [0.2, 0.25) is 0 Å². The summed E-state index contributed by atoms with van der Waals surface area (Å²) in [6, 6.07) is 4.39. The third-order valence-electron chi connectivity index (χ3n) is 4.19. The summed E-state index contributed by atoms with van der Waals surface area (Å²) in [5.74, 6) is 0.294. The van der Waals surface area contributed by atoms with Gasteiger partial charge in [-0.3, -0.25) is 4.79 Å². The number of carbonyl (C=O) groups excluding carboxylic acids is 1. The highest BCUT2D eigenvalue weighted by Crippen LogP contribution is 2.29. The van der Waals surface area contributed by atoms with E-state index < -0.39 is 6.10 Å². The number of aliphatic hydroxyl groups excluding tert-OH is 1. The van der Waals surface area contributed by atoms with Gasteiger partial charge < -0.3 is 5.11 Å². The first-order valence-electron chi connectivity index (χ1n) is 8.15. The second-order valence-electron chi connectivity index (χ2n) is 6.37. The van der Waals surface area contributed by atoms with E-state index in [9.17, 15) is 9.90 Å². The van der Waals surface area contributed by atoms with E-state index in [1.54, 1.807) is 12.2 Å². The van der Waals surface area contributed by atoms with Crippen molar-refractivity contribution in [3.05, 3.63) is 64.4 Å². The lowest BCUT2D eigenvalue weighted by molar-refractivity contribution is -0.105. The molecule has 0 radical (unpaired) electrons. The molecule has 2 heteroatoms. The van der Waals surface area contributed by atoms with Crippen LogP contribution in [0.25, 0.3) is 0 Å². The second-order valence-corrected chi connectivity index (χ2v) is 6.37. The number of carbonyl (C=O) groups is 1. The molecule has 2 nitrogen and oxygen atoms in total. The van der Waals surface area contributed by atoms with E-state index in [4.69, 9.17) is 0 Å². The Morgan fingerprint density at radius 3 is 2.43 bits per heavy atom. The third-order valence-corrected chi connectivity index (χ3v) is 4.19. The normalized spacial score (nSPS) is 14.0. The van der Waals surface area contributed by atoms with E-state index in [1.807, 2.05) is 0 Å². The number of allylic oxidation sites excluding steroid dienone is 3. The lowest BCUT2D eigenvalue weighted by Gasteiger charge is -2.21.